The lowest BCUT2D eigenvalue weighted by Gasteiger charge is -2.20. The van der Waals surface area contributed by atoms with Crippen LogP contribution in [0.5, 0.6) is 0 Å². The van der Waals surface area contributed by atoms with E-state index in [1.54, 1.807) is 0 Å². The van der Waals surface area contributed by atoms with Crippen molar-refractivity contribution < 1.29 is 42.7 Å². The average molecular weight is 860 g/mol. The molecule has 0 rings (SSSR count). The van der Waals surface area contributed by atoms with Gasteiger partial charge in [0.15, 0.2) is 0 Å². The number of phosphoric ester groups is 1. The Balaban J connectivity index is 4.07. The predicted molar refractivity (Wildman–Crippen MR) is 245 cm³/mol. The second kappa shape index (κ2) is 44.8. The third-order valence-corrected chi connectivity index (χ3v) is 12.0. The van der Waals surface area contributed by atoms with Crippen molar-refractivity contribution in [2.75, 3.05) is 26.4 Å². The zero-order valence-corrected chi connectivity index (χ0v) is 39.3. The minimum absolute atomic E-state index is 0.0184. The van der Waals surface area contributed by atoms with E-state index < -0.39 is 45.1 Å². The molecule has 0 aliphatic rings. The molecule has 4 N–H and O–H groups in total. The highest BCUT2D eigenvalue weighted by Crippen LogP contribution is 2.43. The van der Waals surface area contributed by atoms with E-state index in [4.69, 9.17) is 29.4 Å². The van der Waals surface area contributed by atoms with Gasteiger partial charge in [-0.25, -0.2) is 4.57 Å². The molecule has 0 aromatic rings. The molecule has 0 aliphatic heterocycles. The number of hydrogen-bond donors (Lipinski definition) is 3. The smallest absolute Gasteiger partial charge is 0.472 e. The highest BCUT2D eigenvalue weighted by Gasteiger charge is 2.27. The van der Waals surface area contributed by atoms with Crippen LogP contribution in [0, 0.1) is 0 Å². The van der Waals surface area contributed by atoms with E-state index >= 15 is 0 Å². The molecule has 0 saturated carbocycles. The van der Waals surface area contributed by atoms with E-state index in [0.717, 1.165) is 44.9 Å². The third kappa shape index (κ3) is 44.6. The molecule has 0 saturated heterocycles. The van der Waals surface area contributed by atoms with Crippen LogP contribution in [0.4, 0.5) is 0 Å². The fourth-order valence-electron chi connectivity index (χ4n) is 7.19. The van der Waals surface area contributed by atoms with Gasteiger partial charge in [0.25, 0.3) is 0 Å². The van der Waals surface area contributed by atoms with Gasteiger partial charge in [-0.1, -0.05) is 212 Å². The quantitative estimate of drug-likeness (QED) is 0.0233. The Hall–Kier alpha value is -1.29. The lowest BCUT2D eigenvalue weighted by Crippen LogP contribution is -2.34. The Kier molecular flexibility index (Phi) is 43.8. The Labute approximate surface area is 362 Å². The molecule has 0 radical (unpaired) electrons. The number of rotatable bonds is 48. The summed E-state index contributed by atoms with van der Waals surface area (Å²) in [5, 5.41) is 8.91. The summed E-state index contributed by atoms with van der Waals surface area (Å²) < 4.78 is 33.4. The number of unbranched alkanes of at least 4 members (excludes halogenated alkanes) is 32. The lowest BCUT2D eigenvalue weighted by molar-refractivity contribution is -0.154. The molecular weight excluding hydrogens is 765 g/mol. The number of nitrogens with two attached hydrogens (primary N) is 1. The molecule has 11 heteroatoms. The average Bonchev–Trinajstić information content (AvgIpc) is 3.21. The normalized spacial score (nSPS) is 13.8. The van der Waals surface area contributed by atoms with E-state index in [0.29, 0.717) is 6.61 Å². The highest BCUT2D eigenvalue weighted by atomic mass is 31.2. The summed E-state index contributed by atoms with van der Waals surface area (Å²) in [6.07, 6.45) is 48.4. The molecule has 59 heavy (non-hydrogen) atoms. The highest BCUT2D eigenvalue weighted by molar-refractivity contribution is 7.47. The van der Waals surface area contributed by atoms with E-state index in [2.05, 4.69) is 26.0 Å². The van der Waals surface area contributed by atoms with Crippen LogP contribution >= 0.6 is 7.82 Å². The maximum Gasteiger partial charge on any atom is 0.472 e. The molecule has 0 heterocycles. The molecule has 350 valence electrons. The van der Waals surface area contributed by atoms with Crippen LogP contribution in [0.2, 0.25) is 0 Å². The van der Waals surface area contributed by atoms with Gasteiger partial charge >= 0.3 is 19.8 Å². The lowest BCUT2D eigenvalue weighted by atomic mass is 10.0. The van der Waals surface area contributed by atoms with Gasteiger partial charge in [0, 0.05) is 13.0 Å². The van der Waals surface area contributed by atoms with Crippen molar-refractivity contribution in [3.63, 3.8) is 0 Å². The van der Waals surface area contributed by atoms with Gasteiger partial charge in [-0.05, 0) is 38.5 Å². The van der Waals surface area contributed by atoms with Crippen LogP contribution in [-0.4, -0.2) is 60.5 Å². The van der Waals surface area contributed by atoms with Crippen LogP contribution in [0.3, 0.4) is 0 Å². The SMILES string of the molecule is CCCCCC/C=C\CCCCCCCCOCC(COP(=O)(O)OCC(N)C(=O)O)OC(=O)CCCCCCCCCCCCCCCCCCCCCCCCC. The number of allylic oxidation sites excluding steroid dienone is 2. The van der Waals surface area contributed by atoms with Crippen molar-refractivity contribution in [3.05, 3.63) is 12.2 Å². The van der Waals surface area contributed by atoms with Crippen molar-refractivity contribution in [1.29, 1.82) is 0 Å². The van der Waals surface area contributed by atoms with E-state index in [1.807, 2.05) is 0 Å². The summed E-state index contributed by atoms with van der Waals surface area (Å²) in [7, 11) is -4.61. The standard InChI is InChI=1S/C48H94NO9P/c1-3-5-7-9-11-13-15-17-19-20-21-22-23-24-25-26-27-28-30-32-34-36-38-40-47(50)58-45(43-56-59(53,54)57-44-46(49)48(51)52)42-55-41-39-37-35-33-31-29-18-16-14-12-10-8-6-4-2/h14,16,45-46H,3-13,15,17-44,49H2,1-2H3,(H,51,52)(H,53,54)/b16-14-. The number of aliphatic carboxylic acids is 1. The zero-order chi connectivity index (χ0) is 43.3. The molecule has 3 unspecified atom stereocenters. The summed E-state index contributed by atoms with van der Waals surface area (Å²) in [5.41, 5.74) is 5.37. The zero-order valence-electron chi connectivity index (χ0n) is 38.4. The van der Waals surface area contributed by atoms with E-state index in [-0.39, 0.29) is 13.0 Å². The molecule has 0 aromatic carbocycles. The Morgan fingerprint density at radius 2 is 0.881 bits per heavy atom. The largest absolute Gasteiger partial charge is 0.480 e. The molecule has 0 bridgehead atoms. The van der Waals surface area contributed by atoms with Crippen molar-refractivity contribution in [3.8, 4) is 0 Å². The molecule has 0 amide bonds. The number of ether oxygens (including phenoxy) is 2. The summed E-state index contributed by atoms with van der Waals surface area (Å²) in [6, 6.07) is -1.47. The fraction of sp³-hybridized carbons (Fsp3) is 0.917. The third-order valence-electron chi connectivity index (χ3n) is 11.0. The van der Waals surface area contributed by atoms with Crippen LogP contribution in [0.1, 0.15) is 245 Å². The van der Waals surface area contributed by atoms with E-state index in [1.165, 1.54) is 180 Å². The van der Waals surface area contributed by atoms with Crippen molar-refractivity contribution in [2.24, 2.45) is 5.73 Å². The topological polar surface area (TPSA) is 155 Å². The summed E-state index contributed by atoms with van der Waals surface area (Å²) in [5.74, 6) is -1.77. The summed E-state index contributed by atoms with van der Waals surface area (Å²) >= 11 is 0. The van der Waals surface area contributed by atoms with Gasteiger partial charge in [-0.15, -0.1) is 0 Å². The number of carboxylic acids is 1. The molecule has 10 nitrogen and oxygen atoms in total. The Morgan fingerprint density at radius 1 is 0.525 bits per heavy atom. The summed E-state index contributed by atoms with van der Waals surface area (Å²) in [4.78, 5) is 33.6. The first-order valence-corrected chi connectivity index (χ1v) is 26.2. The van der Waals surface area contributed by atoms with Crippen molar-refractivity contribution in [1.82, 2.24) is 0 Å². The van der Waals surface area contributed by atoms with Gasteiger partial charge in [0.1, 0.15) is 12.1 Å². The number of esters is 1. The fourth-order valence-corrected chi connectivity index (χ4v) is 7.97. The maximum absolute atomic E-state index is 12.7. The first-order chi connectivity index (χ1) is 28.7. The molecular formula is C48H94NO9P. The minimum Gasteiger partial charge on any atom is -0.480 e. The van der Waals surface area contributed by atoms with E-state index in [9.17, 15) is 19.0 Å². The number of hydrogen-bond acceptors (Lipinski definition) is 8. The summed E-state index contributed by atoms with van der Waals surface area (Å²) in [6.45, 7) is 3.90. The monoisotopic (exact) mass is 860 g/mol. The molecule has 0 aromatic heterocycles. The first kappa shape index (κ1) is 57.7. The minimum atomic E-state index is -4.61. The van der Waals surface area contributed by atoms with Crippen LogP contribution in [-0.2, 0) is 32.7 Å². The molecule has 0 fully saturated rings. The number of carbonyl (C=O) groups is 2. The molecule has 0 spiro atoms. The van der Waals surface area contributed by atoms with Crippen LogP contribution < -0.4 is 5.73 Å². The van der Waals surface area contributed by atoms with Crippen molar-refractivity contribution in [2.45, 2.75) is 257 Å². The molecule has 0 aliphatic carbocycles. The van der Waals surface area contributed by atoms with Crippen LogP contribution in [0.25, 0.3) is 0 Å². The van der Waals surface area contributed by atoms with Gasteiger partial charge in [-0.2, -0.15) is 0 Å². The van der Waals surface area contributed by atoms with Gasteiger partial charge in [0.2, 0.25) is 0 Å². The number of carboxylic acid groups (broad SMARTS) is 1. The second-order valence-electron chi connectivity index (χ2n) is 17.0. The first-order valence-electron chi connectivity index (χ1n) is 24.7. The van der Waals surface area contributed by atoms with Crippen molar-refractivity contribution >= 4 is 19.8 Å². The predicted octanol–water partition coefficient (Wildman–Crippen LogP) is 14.1. The van der Waals surface area contributed by atoms with Crippen LogP contribution in [0.15, 0.2) is 12.2 Å². The number of phosphoric acid groups is 1. The Bertz CT molecular complexity index is 998. The molecule has 3 atom stereocenters. The van der Waals surface area contributed by atoms with Gasteiger partial charge in [0.05, 0.1) is 19.8 Å². The van der Waals surface area contributed by atoms with Gasteiger partial charge < -0.3 is 25.2 Å². The maximum atomic E-state index is 12.7. The Morgan fingerprint density at radius 3 is 1.31 bits per heavy atom. The second-order valence-corrected chi connectivity index (χ2v) is 18.4. The van der Waals surface area contributed by atoms with Gasteiger partial charge in [-0.3, -0.25) is 18.6 Å². The number of carbonyl (C=O) groups excluding carboxylic acids is 1.